The van der Waals surface area contributed by atoms with Crippen LogP contribution in [0.2, 0.25) is 0 Å². The lowest BCUT2D eigenvalue weighted by Crippen LogP contribution is -2.31. The van der Waals surface area contributed by atoms with Crippen LogP contribution in [-0.4, -0.2) is 35.4 Å². The first-order chi connectivity index (χ1) is 11.6. The first-order valence-electron chi connectivity index (χ1n) is 7.67. The zero-order valence-corrected chi connectivity index (χ0v) is 13.9. The number of nitrogens with one attached hydrogen (secondary N) is 1. The van der Waals surface area contributed by atoms with Gasteiger partial charge in [-0.15, -0.1) is 0 Å². The lowest BCUT2D eigenvalue weighted by atomic mass is 10.2. The molecule has 0 spiro atoms. The molecule has 0 aliphatic heterocycles. The summed E-state index contributed by atoms with van der Waals surface area (Å²) >= 11 is 0. The smallest absolute Gasteiger partial charge is 0.226 e. The Morgan fingerprint density at radius 2 is 2.00 bits per heavy atom. The van der Waals surface area contributed by atoms with Gasteiger partial charge in [-0.1, -0.05) is 18.2 Å². The second-order valence-electron chi connectivity index (χ2n) is 5.30. The number of amides is 2. The molecule has 6 heteroatoms. The van der Waals surface area contributed by atoms with Gasteiger partial charge in [0.15, 0.2) is 0 Å². The first-order valence-corrected chi connectivity index (χ1v) is 7.67. The quantitative estimate of drug-likeness (QED) is 0.848. The van der Waals surface area contributed by atoms with Crippen LogP contribution in [0, 0.1) is 0 Å². The van der Waals surface area contributed by atoms with Gasteiger partial charge in [-0.05, 0) is 23.8 Å². The standard InChI is InChI=1S/C18H21N3O3/c1-14(22)21(13-15-6-5-10-19-12-15)11-9-18(23)20-16-7-3-4-8-17(16)24-2/h3-8,10,12H,9,11,13H2,1-2H3,(H,20,23). The molecule has 24 heavy (non-hydrogen) atoms. The maximum absolute atomic E-state index is 12.1. The van der Waals surface area contributed by atoms with E-state index in [2.05, 4.69) is 10.3 Å². The highest BCUT2D eigenvalue weighted by molar-refractivity contribution is 5.92. The first kappa shape index (κ1) is 17.5. The van der Waals surface area contributed by atoms with Gasteiger partial charge >= 0.3 is 0 Å². The largest absolute Gasteiger partial charge is 0.495 e. The molecule has 0 saturated heterocycles. The van der Waals surface area contributed by atoms with Crippen molar-refractivity contribution in [1.29, 1.82) is 0 Å². The normalized spacial score (nSPS) is 10.1. The number of pyridine rings is 1. The molecule has 0 aliphatic carbocycles. The van der Waals surface area contributed by atoms with Crippen molar-refractivity contribution in [2.75, 3.05) is 19.0 Å². The second kappa shape index (κ2) is 8.67. The van der Waals surface area contributed by atoms with Gasteiger partial charge in [-0.3, -0.25) is 14.6 Å². The van der Waals surface area contributed by atoms with E-state index in [-0.39, 0.29) is 18.2 Å². The molecular weight excluding hydrogens is 306 g/mol. The molecule has 0 unspecified atom stereocenters. The highest BCUT2D eigenvalue weighted by Gasteiger charge is 2.13. The van der Waals surface area contributed by atoms with Gasteiger partial charge in [0.2, 0.25) is 11.8 Å². The van der Waals surface area contributed by atoms with Crippen molar-refractivity contribution < 1.29 is 14.3 Å². The summed E-state index contributed by atoms with van der Waals surface area (Å²) < 4.78 is 5.20. The number of anilines is 1. The molecule has 0 fully saturated rings. The molecule has 1 N–H and O–H groups in total. The third kappa shape index (κ3) is 5.08. The van der Waals surface area contributed by atoms with Crippen LogP contribution < -0.4 is 10.1 Å². The summed E-state index contributed by atoms with van der Waals surface area (Å²) in [6.07, 6.45) is 3.60. The summed E-state index contributed by atoms with van der Waals surface area (Å²) in [6, 6.07) is 10.9. The molecule has 0 radical (unpaired) electrons. The Morgan fingerprint density at radius 3 is 2.67 bits per heavy atom. The summed E-state index contributed by atoms with van der Waals surface area (Å²) in [4.78, 5) is 29.6. The Balaban J connectivity index is 1.91. The number of methoxy groups -OCH3 is 1. The van der Waals surface area contributed by atoms with E-state index in [1.165, 1.54) is 6.92 Å². The third-order valence-corrected chi connectivity index (χ3v) is 3.53. The number of para-hydroxylation sites is 2. The third-order valence-electron chi connectivity index (χ3n) is 3.53. The summed E-state index contributed by atoms with van der Waals surface area (Å²) in [7, 11) is 1.55. The number of nitrogens with zero attached hydrogens (tertiary/aromatic N) is 2. The van der Waals surface area contributed by atoms with Crippen molar-refractivity contribution in [3.8, 4) is 5.75 Å². The Labute approximate surface area is 141 Å². The lowest BCUT2D eigenvalue weighted by molar-refractivity contribution is -0.129. The summed E-state index contributed by atoms with van der Waals surface area (Å²) in [5, 5.41) is 2.81. The fourth-order valence-electron chi connectivity index (χ4n) is 2.26. The summed E-state index contributed by atoms with van der Waals surface area (Å²) in [6.45, 7) is 2.27. The molecule has 0 saturated carbocycles. The summed E-state index contributed by atoms with van der Waals surface area (Å²) in [5.41, 5.74) is 1.55. The van der Waals surface area contributed by atoms with E-state index in [9.17, 15) is 9.59 Å². The van der Waals surface area contributed by atoms with Gasteiger partial charge in [-0.2, -0.15) is 0 Å². The van der Waals surface area contributed by atoms with Crippen LogP contribution in [0.5, 0.6) is 5.75 Å². The van der Waals surface area contributed by atoms with E-state index >= 15 is 0 Å². The predicted molar refractivity (Wildman–Crippen MR) is 91.6 cm³/mol. The Kier molecular flexibility index (Phi) is 6.31. The van der Waals surface area contributed by atoms with E-state index in [1.807, 2.05) is 24.3 Å². The zero-order chi connectivity index (χ0) is 17.4. The van der Waals surface area contributed by atoms with Gasteiger partial charge in [0.1, 0.15) is 5.75 Å². The van der Waals surface area contributed by atoms with Crippen molar-refractivity contribution in [2.45, 2.75) is 19.9 Å². The molecular formula is C18H21N3O3. The number of benzene rings is 1. The van der Waals surface area contributed by atoms with Crippen LogP contribution in [0.4, 0.5) is 5.69 Å². The number of rotatable bonds is 7. The SMILES string of the molecule is COc1ccccc1NC(=O)CCN(Cc1cccnc1)C(C)=O. The molecule has 0 bridgehead atoms. The molecule has 0 aliphatic rings. The minimum atomic E-state index is -0.170. The average Bonchev–Trinajstić information content (AvgIpc) is 2.59. The summed E-state index contributed by atoms with van der Waals surface area (Å²) in [5.74, 6) is 0.352. The van der Waals surface area contributed by atoms with Gasteiger partial charge < -0.3 is 15.0 Å². The predicted octanol–water partition coefficient (Wildman–Crippen LogP) is 2.47. The Bertz CT molecular complexity index is 689. The maximum Gasteiger partial charge on any atom is 0.226 e. The van der Waals surface area contributed by atoms with E-state index in [4.69, 9.17) is 4.74 Å². The molecule has 0 atom stereocenters. The number of carbonyl (C=O) groups excluding carboxylic acids is 2. The van der Waals surface area contributed by atoms with Crippen LogP contribution in [0.1, 0.15) is 18.9 Å². The number of ether oxygens (including phenoxy) is 1. The molecule has 2 rings (SSSR count). The molecule has 2 aromatic rings. The van der Waals surface area contributed by atoms with Crippen molar-refractivity contribution in [3.05, 3.63) is 54.4 Å². The van der Waals surface area contributed by atoms with Gasteiger partial charge in [0, 0.05) is 38.8 Å². The van der Waals surface area contributed by atoms with Crippen LogP contribution in [0.3, 0.4) is 0 Å². The number of hydrogen-bond donors (Lipinski definition) is 1. The zero-order valence-electron chi connectivity index (χ0n) is 13.9. The molecule has 126 valence electrons. The number of aromatic nitrogens is 1. The van der Waals surface area contributed by atoms with Gasteiger partial charge in [0.25, 0.3) is 0 Å². The van der Waals surface area contributed by atoms with Crippen molar-refractivity contribution in [1.82, 2.24) is 9.88 Å². The van der Waals surface area contributed by atoms with Crippen LogP contribution in [0.25, 0.3) is 0 Å². The fraction of sp³-hybridized carbons (Fsp3) is 0.278. The lowest BCUT2D eigenvalue weighted by Gasteiger charge is -2.21. The number of hydrogen-bond acceptors (Lipinski definition) is 4. The molecule has 2 amide bonds. The Morgan fingerprint density at radius 1 is 1.21 bits per heavy atom. The van der Waals surface area contributed by atoms with Gasteiger partial charge in [0.05, 0.1) is 12.8 Å². The van der Waals surface area contributed by atoms with E-state index in [0.717, 1.165) is 5.56 Å². The minimum Gasteiger partial charge on any atom is -0.495 e. The maximum atomic E-state index is 12.1. The van der Waals surface area contributed by atoms with Crippen molar-refractivity contribution in [3.63, 3.8) is 0 Å². The van der Waals surface area contributed by atoms with Crippen LogP contribution in [0.15, 0.2) is 48.8 Å². The second-order valence-corrected chi connectivity index (χ2v) is 5.30. The highest BCUT2D eigenvalue weighted by atomic mass is 16.5. The molecule has 6 nitrogen and oxygen atoms in total. The van der Waals surface area contributed by atoms with E-state index < -0.39 is 0 Å². The van der Waals surface area contributed by atoms with Crippen molar-refractivity contribution in [2.24, 2.45) is 0 Å². The van der Waals surface area contributed by atoms with Crippen LogP contribution >= 0.6 is 0 Å². The average molecular weight is 327 g/mol. The van der Waals surface area contributed by atoms with E-state index in [0.29, 0.717) is 24.5 Å². The molecule has 1 aromatic carbocycles. The monoisotopic (exact) mass is 327 g/mol. The van der Waals surface area contributed by atoms with E-state index in [1.54, 1.807) is 36.5 Å². The molecule has 1 heterocycles. The highest BCUT2D eigenvalue weighted by Crippen LogP contribution is 2.23. The Hall–Kier alpha value is -2.89. The van der Waals surface area contributed by atoms with Crippen molar-refractivity contribution >= 4 is 17.5 Å². The number of carbonyl (C=O) groups is 2. The topological polar surface area (TPSA) is 71.5 Å². The van der Waals surface area contributed by atoms with Gasteiger partial charge in [-0.25, -0.2) is 0 Å². The van der Waals surface area contributed by atoms with Crippen LogP contribution in [-0.2, 0) is 16.1 Å². The fourth-order valence-corrected chi connectivity index (χ4v) is 2.26. The minimum absolute atomic E-state index is 0.0797. The molecule has 1 aromatic heterocycles.